The molecular weight excluding hydrogens is 342 g/mol. The molecule has 3 rings (SSSR count). The van der Waals surface area contributed by atoms with E-state index in [-0.39, 0.29) is 11.8 Å². The molecular formula is C17H17N3O2S2. The number of carbonyl (C=O) groups excluding carboxylic acids is 2. The number of benzene rings is 1. The van der Waals surface area contributed by atoms with Crippen molar-refractivity contribution in [3.63, 3.8) is 0 Å². The molecule has 124 valence electrons. The first-order valence-corrected chi connectivity index (χ1v) is 9.35. The molecule has 0 bridgehead atoms. The largest absolute Gasteiger partial charge is 0.352 e. The third-order valence-electron chi connectivity index (χ3n) is 3.43. The van der Waals surface area contributed by atoms with E-state index in [1.165, 1.54) is 11.3 Å². The Balaban J connectivity index is 1.44. The van der Waals surface area contributed by atoms with Gasteiger partial charge in [-0.2, -0.15) is 11.3 Å². The van der Waals surface area contributed by atoms with E-state index in [1.807, 2.05) is 30.5 Å². The van der Waals surface area contributed by atoms with Gasteiger partial charge in [0, 0.05) is 29.6 Å². The zero-order chi connectivity index (χ0) is 16.9. The van der Waals surface area contributed by atoms with Crippen LogP contribution in [0.2, 0.25) is 0 Å². The Hall–Kier alpha value is -2.25. The molecule has 0 spiro atoms. The van der Waals surface area contributed by atoms with Gasteiger partial charge in [0.2, 0.25) is 5.91 Å². The van der Waals surface area contributed by atoms with Crippen molar-refractivity contribution in [3.8, 4) is 0 Å². The summed E-state index contributed by atoms with van der Waals surface area (Å²) in [5.41, 5.74) is 2.39. The van der Waals surface area contributed by atoms with Gasteiger partial charge in [0.05, 0.1) is 15.2 Å². The molecule has 2 aromatic heterocycles. The molecule has 2 heterocycles. The van der Waals surface area contributed by atoms with Crippen molar-refractivity contribution in [1.82, 2.24) is 10.3 Å². The van der Waals surface area contributed by atoms with E-state index in [4.69, 9.17) is 0 Å². The Morgan fingerprint density at radius 3 is 2.92 bits per heavy atom. The molecule has 0 saturated heterocycles. The fourth-order valence-corrected chi connectivity index (χ4v) is 3.79. The molecule has 0 aliphatic carbocycles. The zero-order valence-corrected chi connectivity index (χ0v) is 14.8. The highest BCUT2D eigenvalue weighted by molar-refractivity contribution is 7.18. The molecule has 2 N–H and O–H groups in total. The third kappa shape index (κ3) is 4.18. The number of rotatable bonds is 6. The first-order valence-electron chi connectivity index (χ1n) is 7.59. The van der Waals surface area contributed by atoms with E-state index in [2.05, 4.69) is 15.6 Å². The molecule has 0 unspecified atom stereocenters. The minimum atomic E-state index is -0.0947. The van der Waals surface area contributed by atoms with Crippen LogP contribution in [0.4, 0.5) is 5.69 Å². The van der Waals surface area contributed by atoms with Crippen LogP contribution in [0.1, 0.15) is 28.2 Å². The van der Waals surface area contributed by atoms with Crippen molar-refractivity contribution in [2.75, 3.05) is 11.9 Å². The minimum absolute atomic E-state index is 0.0552. The average molecular weight is 359 g/mol. The highest BCUT2D eigenvalue weighted by atomic mass is 32.1. The normalized spacial score (nSPS) is 10.7. The number of aryl methyl sites for hydroxylation is 1. The van der Waals surface area contributed by atoms with E-state index in [9.17, 15) is 9.59 Å². The van der Waals surface area contributed by atoms with Crippen molar-refractivity contribution < 1.29 is 9.59 Å². The summed E-state index contributed by atoms with van der Waals surface area (Å²) in [6.07, 6.45) is 0.966. The summed E-state index contributed by atoms with van der Waals surface area (Å²) in [6, 6.07) is 7.49. The Bertz CT molecular complexity index is 856. The van der Waals surface area contributed by atoms with Crippen LogP contribution in [0.25, 0.3) is 10.2 Å². The van der Waals surface area contributed by atoms with Crippen molar-refractivity contribution in [2.45, 2.75) is 19.8 Å². The summed E-state index contributed by atoms with van der Waals surface area (Å²) in [6.45, 7) is 2.45. The Kier molecular flexibility index (Phi) is 5.22. The molecule has 0 aliphatic rings. The van der Waals surface area contributed by atoms with Gasteiger partial charge < -0.3 is 10.6 Å². The second kappa shape index (κ2) is 7.55. The highest BCUT2D eigenvalue weighted by Gasteiger charge is 2.07. The molecule has 1 aromatic carbocycles. The maximum Gasteiger partial charge on any atom is 0.252 e. The molecule has 0 saturated carbocycles. The summed E-state index contributed by atoms with van der Waals surface area (Å²) in [4.78, 5) is 28.1. The SMILES string of the molecule is Cc1nc2ccc(NC(=O)CCCNC(=O)c3ccsc3)cc2s1. The standard InChI is InChI=1S/C17H17N3O2S2/c1-11-19-14-5-4-13(9-15(14)24-11)20-16(21)3-2-7-18-17(22)12-6-8-23-10-12/h4-6,8-10H,2-3,7H2,1H3,(H,18,22)(H,20,21). The second-order valence-electron chi connectivity index (χ2n) is 5.34. The van der Waals surface area contributed by atoms with Gasteiger partial charge in [-0.1, -0.05) is 0 Å². The number of nitrogens with zero attached hydrogens (tertiary/aromatic N) is 1. The van der Waals surface area contributed by atoms with Crippen molar-refractivity contribution in [1.29, 1.82) is 0 Å². The maximum absolute atomic E-state index is 12.0. The van der Waals surface area contributed by atoms with Gasteiger partial charge in [-0.05, 0) is 43.0 Å². The van der Waals surface area contributed by atoms with Crippen LogP contribution in [0.15, 0.2) is 35.0 Å². The van der Waals surface area contributed by atoms with Gasteiger partial charge in [-0.15, -0.1) is 11.3 Å². The van der Waals surface area contributed by atoms with E-state index in [1.54, 1.807) is 22.8 Å². The fraction of sp³-hybridized carbons (Fsp3) is 0.235. The molecule has 0 radical (unpaired) electrons. The molecule has 0 fully saturated rings. The molecule has 0 atom stereocenters. The molecule has 24 heavy (non-hydrogen) atoms. The number of nitrogens with one attached hydrogen (secondary N) is 2. The van der Waals surface area contributed by atoms with E-state index >= 15 is 0 Å². The lowest BCUT2D eigenvalue weighted by atomic mass is 10.2. The number of aromatic nitrogens is 1. The summed E-state index contributed by atoms with van der Waals surface area (Å²) >= 11 is 3.09. The molecule has 0 aliphatic heterocycles. The summed E-state index contributed by atoms with van der Waals surface area (Å²) in [7, 11) is 0. The Labute approximate surface area is 147 Å². The second-order valence-corrected chi connectivity index (χ2v) is 7.35. The molecule has 5 nitrogen and oxygen atoms in total. The van der Waals surface area contributed by atoms with E-state index in [0.29, 0.717) is 24.9 Å². The average Bonchev–Trinajstić information content (AvgIpc) is 3.19. The van der Waals surface area contributed by atoms with Crippen LogP contribution in [0, 0.1) is 6.92 Å². The molecule has 7 heteroatoms. The number of amides is 2. The first-order chi connectivity index (χ1) is 11.6. The van der Waals surface area contributed by atoms with Crippen molar-refractivity contribution >= 4 is 50.4 Å². The first kappa shape index (κ1) is 16.6. The topological polar surface area (TPSA) is 71.1 Å². The summed E-state index contributed by atoms with van der Waals surface area (Å²) in [5, 5.41) is 10.4. The van der Waals surface area contributed by atoms with Crippen LogP contribution < -0.4 is 10.6 Å². The zero-order valence-electron chi connectivity index (χ0n) is 13.2. The van der Waals surface area contributed by atoms with Crippen molar-refractivity contribution in [3.05, 3.63) is 45.6 Å². The Morgan fingerprint density at radius 2 is 2.12 bits per heavy atom. The van der Waals surface area contributed by atoms with Crippen LogP contribution >= 0.6 is 22.7 Å². The summed E-state index contributed by atoms with van der Waals surface area (Å²) in [5.74, 6) is -0.150. The van der Waals surface area contributed by atoms with E-state index in [0.717, 1.165) is 20.9 Å². The van der Waals surface area contributed by atoms with Crippen LogP contribution in [0.3, 0.4) is 0 Å². The number of fused-ring (bicyclic) bond motifs is 1. The van der Waals surface area contributed by atoms with Gasteiger partial charge >= 0.3 is 0 Å². The maximum atomic E-state index is 12.0. The van der Waals surface area contributed by atoms with Crippen LogP contribution in [0.5, 0.6) is 0 Å². The number of hydrogen-bond donors (Lipinski definition) is 2. The number of carbonyl (C=O) groups is 2. The lowest BCUT2D eigenvalue weighted by molar-refractivity contribution is -0.116. The van der Waals surface area contributed by atoms with Gasteiger partial charge in [0.1, 0.15) is 0 Å². The van der Waals surface area contributed by atoms with E-state index < -0.39 is 0 Å². The van der Waals surface area contributed by atoms with Gasteiger partial charge in [-0.3, -0.25) is 9.59 Å². The lowest BCUT2D eigenvalue weighted by Crippen LogP contribution is -2.25. The monoisotopic (exact) mass is 359 g/mol. The third-order valence-corrected chi connectivity index (χ3v) is 5.05. The number of thiophene rings is 1. The predicted octanol–water partition coefficient (Wildman–Crippen LogP) is 3.81. The number of thiazole rings is 1. The lowest BCUT2D eigenvalue weighted by Gasteiger charge is -2.06. The van der Waals surface area contributed by atoms with Crippen LogP contribution in [-0.4, -0.2) is 23.3 Å². The highest BCUT2D eigenvalue weighted by Crippen LogP contribution is 2.24. The number of anilines is 1. The van der Waals surface area contributed by atoms with Gasteiger partial charge in [0.25, 0.3) is 5.91 Å². The van der Waals surface area contributed by atoms with Gasteiger partial charge in [0.15, 0.2) is 0 Å². The van der Waals surface area contributed by atoms with Gasteiger partial charge in [-0.25, -0.2) is 4.98 Å². The summed E-state index contributed by atoms with van der Waals surface area (Å²) < 4.78 is 1.06. The minimum Gasteiger partial charge on any atom is -0.352 e. The Morgan fingerprint density at radius 1 is 1.25 bits per heavy atom. The fourth-order valence-electron chi connectivity index (χ4n) is 2.29. The smallest absolute Gasteiger partial charge is 0.252 e. The number of hydrogen-bond acceptors (Lipinski definition) is 5. The predicted molar refractivity (Wildman–Crippen MR) is 98.9 cm³/mol. The quantitative estimate of drug-likeness (QED) is 0.657. The molecule has 2 amide bonds. The van der Waals surface area contributed by atoms with Crippen LogP contribution in [-0.2, 0) is 4.79 Å². The molecule has 3 aromatic rings. The van der Waals surface area contributed by atoms with Crippen molar-refractivity contribution in [2.24, 2.45) is 0 Å².